The van der Waals surface area contributed by atoms with Gasteiger partial charge in [-0.05, 0) is 45.3 Å². The van der Waals surface area contributed by atoms with Crippen molar-refractivity contribution in [3.63, 3.8) is 0 Å². The van der Waals surface area contributed by atoms with Gasteiger partial charge in [0.15, 0.2) is 0 Å². The highest BCUT2D eigenvalue weighted by Gasteiger charge is 2.05. The molecule has 0 saturated heterocycles. The summed E-state index contributed by atoms with van der Waals surface area (Å²) in [5.41, 5.74) is 0. The number of nitrogens with zero attached hydrogens (tertiary/aromatic N) is 1. The second-order valence-corrected chi connectivity index (χ2v) is 8.45. The molecule has 0 N–H and O–H groups in total. The standard InChI is InChI=1S/C25H51NO/c1-3-5-7-9-11-13-15-18-22-26(24-20-17-21-25-27)23-19-16-14-12-10-8-6-4-2/h25H,3-24H2,1-2H3. The first-order valence-corrected chi connectivity index (χ1v) is 12.5. The van der Waals surface area contributed by atoms with E-state index >= 15 is 0 Å². The van der Waals surface area contributed by atoms with Crippen molar-refractivity contribution < 1.29 is 4.79 Å². The molecule has 0 spiro atoms. The zero-order valence-electron chi connectivity index (χ0n) is 19.0. The lowest BCUT2D eigenvalue weighted by atomic mass is 10.1. The van der Waals surface area contributed by atoms with Crippen LogP contribution in [0.5, 0.6) is 0 Å². The second-order valence-electron chi connectivity index (χ2n) is 8.45. The van der Waals surface area contributed by atoms with Crippen LogP contribution in [0.3, 0.4) is 0 Å². The van der Waals surface area contributed by atoms with E-state index in [9.17, 15) is 4.79 Å². The molecule has 0 heterocycles. The fraction of sp³-hybridized carbons (Fsp3) is 0.960. The maximum Gasteiger partial charge on any atom is 0.119 e. The number of rotatable bonds is 23. The molecule has 0 amide bonds. The molecule has 2 heteroatoms. The highest BCUT2D eigenvalue weighted by molar-refractivity contribution is 5.48. The summed E-state index contributed by atoms with van der Waals surface area (Å²) in [7, 11) is 0. The zero-order valence-corrected chi connectivity index (χ0v) is 19.0. The Morgan fingerprint density at radius 1 is 0.481 bits per heavy atom. The van der Waals surface area contributed by atoms with E-state index in [2.05, 4.69) is 18.7 Å². The van der Waals surface area contributed by atoms with Gasteiger partial charge >= 0.3 is 0 Å². The molecule has 0 aromatic heterocycles. The maximum absolute atomic E-state index is 10.5. The third kappa shape index (κ3) is 21.8. The summed E-state index contributed by atoms with van der Waals surface area (Å²) in [5, 5.41) is 0. The average Bonchev–Trinajstić information content (AvgIpc) is 2.68. The molecule has 27 heavy (non-hydrogen) atoms. The largest absolute Gasteiger partial charge is 0.303 e. The fourth-order valence-corrected chi connectivity index (χ4v) is 3.84. The first kappa shape index (κ1) is 26.6. The molecule has 0 radical (unpaired) electrons. The Bertz CT molecular complexity index is 259. The predicted molar refractivity (Wildman–Crippen MR) is 122 cm³/mol. The van der Waals surface area contributed by atoms with Gasteiger partial charge in [0, 0.05) is 6.42 Å². The van der Waals surface area contributed by atoms with Gasteiger partial charge in [-0.3, -0.25) is 0 Å². The lowest BCUT2D eigenvalue weighted by Crippen LogP contribution is -2.27. The number of hydrogen-bond donors (Lipinski definition) is 0. The molecule has 0 aromatic rings. The Labute approximate surface area is 171 Å². The van der Waals surface area contributed by atoms with Crippen LogP contribution < -0.4 is 0 Å². The summed E-state index contributed by atoms with van der Waals surface area (Å²) in [6.45, 7) is 8.31. The minimum absolute atomic E-state index is 0.739. The summed E-state index contributed by atoms with van der Waals surface area (Å²) >= 11 is 0. The Kier molecular flexibility index (Phi) is 23.3. The molecule has 0 aromatic carbocycles. The van der Waals surface area contributed by atoms with Crippen molar-refractivity contribution >= 4 is 6.29 Å². The molecular weight excluding hydrogens is 330 g/mol. The number of carbonyl (C=O) groups is 1. The number of aldehydes is 1. The molecule has 0 fully saturated rings. The molecular formula is C25H51NO. The van der Waals surface area contributed by atoms with Crippen molar-refractivity contribution in [1.29, 1.82) is 0 Å². The maximum atomic E-state index is 10.5. The van der Waals surface area contributed by atoms with Crippen molar-refractivity contribution in [2.45, 2.75) is 136 Å². The smallest absolute Gasteiger partial charge is 0.119 e. The van der Waals surface area contributed by atoms with Crippen LogP contribution >= 0.6 is 0 Å². The van der Waals surface area contributed by atoms with Gasteiger partial charge in [-0.25, -0.2) is 0 Å². The van der Waals surface area contributed by atoms with Crippen LogP contribution in [0.4, 0.5) is 0 Å². The summed E-state index contributed by atoms with van der Waals surface area (Å²) in [5.74, 6) is 0. The van der Waals surface area contributed by atoms with E-state index in [0.29, 0.717) is 0 Å². The Morgan fingerprint density at radius 2 is 0.815 bits per heavy atom. The highest BCUT2D eigenvalue weighted by Crippen LogP contribution is 2.12. The lowest BCUT2D eigenvalue weighted by molar-refractivity contribution is -0.107. The number of carbonyl (C=O) groups excluding carboxylic acids is 1. The van der Waals surface area contributed by atoms with E-state index in [-0.39, 0.29) is 0 Å². The van der Waals surface area contributed by atoms with Crippen LogP contribution in [0.2, 0.25) is 0 Å². The summed E-state index contributed by atoms with van der Waals surface area (Å²) in [6.07, 6.45) is 26.5. The van der Waals surface area contributed by atoms with E-state index in [0.717, 1.165) is 19.1 Å². The van der Waals surface area contributed by atoms with E-state index in [4.69, 9.17) is 0 Å². The van der Waals surface area contributed by atoms with Gasteiger partial charge in [0.1, 0.15) is 6.29 Å². The first-order valence-electron chi connectivity index (χ1n) is 12.5. The predicted octanol–water partition coefficient (Wildman–Crippen LogP) is 7.94. The highest BCUT2D eigenvalue weighted by atomic mass is 16.1. The van der Waals surface area contributed by atoms with Gasteiger partial charge in [0.25, 0.3) is 0 Å². The van der Waals surface area contributed by atoms with Crippen LogP contribution in [-0.2, 0) is 4.79 Å². The summed E-state index contributed by atoms with van der Waals surface area (Å²) in [6, 6.07) is 0. The van der Waals surface area contributed by atoms with E-state index < -0.39 is 0 Å². The number of unbranched alkanes of at least 4 members (excludes halogenated alkanes) is 16. The van der Waals surface area contributed by atoms with Crippen molar-refractivity contribution in [3.05, 3.63) is 0 Å². The molecule has 162 valence electrons. The van der Waals surface area contributed by atoms with Gasteiger partial charge in [0.05, 0.1) is 0 Å². The van der Waals surface area contributed by atoms with E-state index in [1.807, 2.05) is 0 Å². The van der Waals surface area contributed by atoms with Crippen LogP contribution in [0.15, 0.2) is 0 Å². The van der Waals surface area contributed by atoms with Gasteiger partial charge in [0.2, 0.25) is 0 Å². The summed E-state index contributed by atoms with van der Waals surface area (Å²) < 4.78 is 0. The number of hydrogen-bond acceptors (Lipinski definition) is 2. The van der Waals surface area contributed by atoms with E-state index in [1.165, 1.54) is 129 Å². The first-order chi connectivity index (χ1) is 13.3. The Balaban J connectivity index is 3.72. The lowest BCUT2D eigenvalue weighted by Gasteiger charge is -2.22. The second kappa shape index (κ2) is 23.7. The topological polar surface area (TPSA) is 20.3 Å². The molecule has 0 unspecified atom stereocenters. The quantitative estimate of drug-likeness (QED) is 0.132. The zero-order chi connectivity index (χ0) is 19.8. The van der Waals surface area contributed by atoms with Crippen molar-refractivity contribution in [2.24, 2.45) is 0 Å². The molecule has 2 nitrogen and oxygen atoms in total. The van der Waals surface area contributed by atoms with Gasteiger partial charge in [-0.2, -0.15) is 0 Å². The summed E-state index contributed by atoms with van der Waals surface area (Å²) in [4.78, 5) is 13.2. The molecule has 0 aliphatic rings. The average molecular weight is 382 g/mol. The van der Waals surface area contributed by atoms with Gasteiger partial charge < -0.3 is 9.69 Å². The van der Waals surface area contributed by atoms with Crippen molar-refractivity contribution in [2.75, 3.05) is 19.6 Å². The van der Waals surface area contributed by atoms with Crippen molar-refractivity contribution in [1.82, 2.24) is 4.90 Å². The minimum atomic E-state index is 0.739. The molecule has 0 saturated carbocycles. The van der Waals surface area contributed by atoms with Gasteiger partial charge in [-0.15, -0.1) is 0 Å². The SMILES string of the molecule is CCCCCCCCCCN(CCCCC=O)CCCCCCCCCC. The Morgan fingerprint density at radius 3 is 1.19 bits per heavy atom. The molecule has 0 bridgehead atoms. The van der Waals surface area contributed by atoms with Crippen LogP contribution in [0, 0.1) is 0 Å². The fourth-order valence-electron chi connectivity index (χ4n) is 3.84. The molecule has 0 rings (SSSR count). The minimum Gasteiger partial charge on any atom is -0.303 e. The third-order valence-corrected chi connectivity index (χ3v) is 5.70. The monoisotopic (exact) mass is 381 g/mol. The van der Waals surface area contributed by atoms with Gasteiger partial charge in [-0.1, -0.05) is 104 Å². The Hall–Kier alpha value is -0.370. The molecule has 0 aliphatic heterocycles. The molecule has 0 aliphatic carbocycles. The van der Waals surface area contributed by atoms with Crippen LogP contribution in [-0.4, -0.2) is 30.8 Å². The normalized spacial score (nSPS) is 11.4. The molecule has 0 atom stereocenters. The third-order valence-electron chi connectivity index (χ3n) is 5.70. The van der Waals surface area contributed by atoms with Crippen LogP contribution in [0.25, 0.3) is 0 Å². The van der Waals surface area contributed by atoms with E-state index in [1.54, 1.807) is 0 Å². The van der Waals surface area contributed by atoms with Crippen molar-refractivity contribution in [3.8, 4) is 0 Å². The van der Waals surface area contributed by atoms with Crippen LogP contribution in [0.1, 0.15) is 136 Å².